The highest BCUT2D eigenvalue weighted by Gasteiger charge is 2.00. The molecule has 68 valence electrons. The number of aliphatic hydroxyl groups excluding tert-OH is 1. The van der Waals surface area contributed by atoms with Crippen LogP contribution in [0.2, 0.25) is 0 Å². The van der Waals surface area contributed by atoms with Crippen LogP contribution in [0.15, 0.2) is 35.3 Å². The molecule has 0 bridgehead atoms. The molecule has 4 nitrogen and oxygen atoms in total. The first-order valence-corrected chi connectivity index (χ1v) is 4.02. The molecule has 4 heteroatoms. The molecule has 0 unspecified atom stereocenters. The molecule has 0 fully saturated rings. The summed E-state index contributed by atoms with van der Waals surface area (Å²) in [6.45, 7) is 0.601. The monoisotopic (exact) mass is 178 g/mol. The molecular weight excluding hydrogens is 168 g/mol. The van der Waals surface area contributed by atoms with E-state index in [1.54, 1.807) is 18.6 Å². The Balaban J connectivity index is 2.10. The van der Waals surface area contributed by atoms with E-state index in [-0.39, 0.29) is 6.61 Å². The molecule has 0 aliphatic carbocycles. The molecule has 2 rings (SSSR count). The third-order valence-corrected chi connectivity index (χ3v) is 1.77. The molecule has 1 N–H and O–H groups in total. The van der Waals surface area contributed by atoms with Crippen LogP contribution in [0, 0.1) is 0 Å². The molecule has 0 saturated carbocycles. The first kappa shape index (κ1) is 8.07. The Bertz CT molecular complexity index is 365. The van der Waals surface area contributed by atoms with Crippen LogP contribution < -0.4 is 0 Å². The molecule has 13 heavy (non-hydrogen) atoms. The zero-order valence-corrected chi connectivity index (χ0v) is 7.05. The molecule has 2 aromatic heterocycles. The first-order valence-electron chi connectivity index (χ1n) is 4.02. The molecule has 2 aromatic rings. The lowest BCUT2D eigenvalue weighted by atomic mass is 10.4. The molecule has 2 heterocycles. The third-order valence-electron chi connectivity index (χ3n) is 1.77. The SMILES string of the molecule is OCc1ccc(Cn2ccnc2)o1. The number of imidazole rings is 1. The lowest BCUT2D eigenvalue weighted by Crippen LogP contribution is -1.93. The number of nitrogens with zero attached hydrogens (tertiary/aromatic N) is 2. The highest BCUT2D eigenvalue weighted by Crippen LogP contribution is 2.08. The second-order valence-electron chi connectivity index (χ2n) is 2.76. The summed E-state index contributed by atoms with van der Waals surface area (Å²) in [6, 6.07) is 3.62. The van der Waals surface area contributed by atoms with Gasteiger partial charge in [-0.25, -0.2) is 4.98 Å². The van der Waals surface area contributed by atoms with Crippen LogP contribution in [0.5, 0.6) is 0 Å². The lowest BCUT2D eigenvalue weighted by Gasteiger charge is -1.96. The van der Waals surface area contributed by atoms with Crippen molar-refractivity contribution in [2.75, 3.05) is 0 Å². The van der Waals surface area contributed by atoms with Gasteiger partial charge >= 0.3 is 0 Å². The Morgan fingerprint density at radius 2 is 2.23 bits per heavy atom. The third kappa shape index (κ3) is 1.78. The summed E-state index contributed by atoms with van der Waals surface area (Å²) in [5, 5.41) is 8.76. The van der Waals surface area contributed by atoms with Crippen LogP contribution in [-0.2, 0) is 13.2 Å². The largest absolute Gasteiger partial charge is 0.462 e. The summed E-state index contributed by atoms with van der Waals surface area (Å²) in [5.74, 6) is 1.41. The van der Waals surface area contributed by atoms with Crippen molar-refractivity contribution < 1.29 is 9.52 Å². The van der Waals surface area contributed by atoms with Gasteiger partial charge in [0.2, 0.25) is 0 Å². The summed E-state index contributed by atoms with van der Waals surface area (Å²) in [5.41, 5.74) is 0. The van der Waals surface area contributed by atoms with Crippen molar-refractivity contribution in [3.8, 4) is 0 Å². The molecule has 0 aliphatic rings. The Labute approximate surface area is 75.4 Å². The van der Waals surface area contributed by atoms with Crippen molar-refractivity contribution >= 4 is 0 Å². The number of hydrogen-bond acceptors (Lipinski definition) is 3. The number of aliphatic hydroxyl groups is 1. The van der Waals surface area contributed by atoms with Crippen LogP contribution in [0.3, 0.4) is 0 Å². The maximum absolute atomic E-state index is 8.76. The van der Waals surface area contributed by atoms with Gasteiger partial charge in [0, 0.05) is 12.4 Å². The fraction of sp³-hybridized carbons (Fsp3) is 0.222. The number of aromatic nitrogens is 2. The van der Waals surface area contributed by atoms with Crippen LogP contribution >= 0.6 is 0 Å². The van der Waals surface area contributed by atoms with Crippen LogP contribution in [0.4, 0.5) is 0 Å². The Hall–Kier alpha value is -1.55. The fourth-order valence-corrected chi connectivity index (χ4v) is 1.15. The number of furan rings is 1. The molecule has 0 aromatic carbocycles. The topological polar surface area (TPSA) is 51.2 Å². The average Bonchev–Trinajstić information content (AvgIpc) is 2.76. The van der Waals surface area contributed by atoms with Gasteiger partial charge in [-0.15, -0.1) is 0 Å². The minimum absolute atomic E-state index is 0.0517. The highest BCUT2D eigenvalue weighted by atomic mass is 16.4. The van der Waals surface area contributed by atoms with Gasteiger partial charge in [0.05, 0.1) is 12.9 Å². The highest BCUT2D eigenvalue weighted by molar-refractivity contribution is 5.06. The van der Waals surface area contributed by atoms with Gasteiger partial charge in [-0.2, -0.15) is 0 Å². The summed E-state index contributed by atoms with van der Waals surface area (Å²) in [6.07, 6.45) is 5.30. The van der Waals surface area contributed by atoms with Gasteiger partial charge in [0.1, 0.15) is 18.1 Å². The first-order chi connectivity index (χ1) is 6.38. The van der Waals surface area contributed by atoms with E-state index in [1.165, 1.54) is 0 Å². The van der Waals surface area contributed by atoms with Gasteiger partial charge in [-0.3, -0.25) is 0 Å². The smallest absolute Gasteiger partial charge is 0.129 e. The Morgan fingerprint density at radius 1 is 1.38 bits per heavy atom. The number of hydrogen-bond donors (Lipinski definition) is 1. The Morgan fingerprint density at radius 3 is 2.85 bits per heavy atom. The van der Waals surface area contributed by atoms with E-state index in [4.69, 9.17) is 9.52 Å². The van der Waals surface area contributed by atoms with Crippen molar-refractivity contribution in [2.45, 2.75) is 13.2 Å². The van der Waals surface area contributed by atoms with Gasteiger partial charge in [-0.1, -0.05) is 0 Å². The fourth-order valence-electron chi connectivity index (χ4n) is 1.15. The second-order valence-corrected chi connectivity index (χ2v) is 2.76. The minimum Gasteiger partial charge on any atom is -0.462 e. The molecule has 0 spiro atoms. The zero-order valence-electron chi connectivity index (χ0n) is 7.05. The summed E-state index contributed by atoms with van der Waals surface area (Å²) in [7, 11) is 0. The van der Waals surface area contributed by atoms with Gasteiger partial charge in [-0.05, 0) is 12.1 Å². The molecule has 0 radical (unpaired) electrons. The van der Waals surface area contributed by atoms with Crippen molar-refractivity contribution in [3.05, 3.63) is 42.4 Å². The van der Waals surface area contributed by atoms with Gasteiger partial charge in [0.25, 0.3) is 0 Å². The molecule has 0 atom stereocenters. The van der Waals surface area contributed by atoms with Crippen molar-refractivity contribution in [2.24, 2.45) is 0 Å². The molecular formula is C9H10N2O2. The van der Waals surface area contributed by atoms with Crippen LogP contribution in [0.25, 0.3) is 0 Å². The van der Waals surface area contributed by atoms with Crippen LogP contribution in [0.1, 0.15) is 11.5 Å². The predicted molar refractivity (Wildman–Crippen MR) is 46.0 cm³/mol. The van der Waals surface area contributed by atoms with E-state index < -0.39 is 0 Å². The summed E-state index contributed by atoms with van der Waals surface area (Å²) < 4.78 is 7.21. The van der Waals surface area contributed by atoms with Gasteiger partial charge < -0.3 is 14.1 Å². The van der Waals surface area contributed by atoms with E-state index in [0.29, 0.717) is 12.3 Å². The van der Waals surface area contributed by atoms with E-state index >= 15 is 0 Å². The average molecular weight is 178 g/mol. The van der Waals surface area contributed by atoms with Crippen molar-refractivity contribution in [1.82, 2.24) is 9.55 Å². The van der Waals surface area contributed by atoms with E-state index in [9.17, 15) is 0 Å². The maximum Gasteiger partial charge on any atom is 0.129 e. The summed E-state index contributed by atoms with van der Waals surface area (Å²) in [4.78, 5) is 3.92. The van der Waals surface area contributed by atoms with E-state index in [1.807, 2.05) is 16.8 Å². The second kappa shape index (κ2) is 3.45. The van der Waals surface area contributed by atoms with E-state index in [0.717, 1.165) is 5.76 Å². The minimum atomic E-state index is -0.0517. The van der Waals surface area contributed by atoms with Crippen molar-refractivity contribution in [1.29, 1.82) is 0 Å². The number of rotatable bonds is 3. The zero-order chi connectivity index (χ0) is 9.10. The maximum atomic E-state index is 8.76. The van der Waals surface area contributed by atoms with E-state index in [2.05, 4.69) is 4.98 Å². The summed E-state index contributed by atoms with van der Waals surface area (Å²) >= 11 is 0. The molecule has 0 amide bonds. The van der Waals surface area contributed by atoms with Crippen LogP contribution in [-0.4, -0.2) is 14.7 Å². The Kier molecular flexibility index (Phi) is 2.14. The lowest BCUT2D eigenvalue weighted by molar-refractivity contribution is 0.243. The standard InChI is InChI=1S/C9H10N2O2/c12-6-9-2-1-8(13-9)5-11-4-3-10-7-11/h1-4,7,12H,5-6H2. The van der Waals surface area contributed by atoms with Crippen molar-refractivity contribution in [3.63, 3.8) is 0 Å². The predicted octanol–water partition coefficient (Wildman–Crippen LogP) is 1.02. The molecule has 0 saturated heterocycles. The van der Waals surface area contributed by atoms with Gasteiger partial charge in [0.15, 0.2) is 0 Å². The molecule has 0 aliphatic heterocycles. The normalized spacial score (nSPS) is 10.5. The quantitative estimate of drug-likeness (QED) is 0.763.